The van der Waals surface area contributed by atoms with Gasteiger partial charge in [-0.15, -0.1) is 0 Å². The molecule has 0 atom stereocenters. The smallest absolute Gasteiger partial charge is 0.407 e. The molecule has 3 heteroatoms. The molecule has 0 heterocycles. The van der Waals surface area contributed by atoms with Crippen LogP contribution in [0.1, 0.15) is 59.8 Å². The maximum absolute atomic E-state index is 11.6. The lowest BCUT2D eigenvalue weighted by atomic mass is 9.49. The minimum atomic E-state index is -0.394. The van der Waals surface area contributed by atoms with Crippen LogP contribution in [0.4, 0.5) is 4.79 Å². The largest absolute Gasteiger partial charge is 0.444 e. The molecule has 0 aromatic carbocycles. The number of hydrogen-bond acceptors (Lipinski definition) is 2. The van der Waals surface area contributed by atoms with Gasteiger partial charge in [-0.2, -0.15) is 0 Å². The number of alkyl carbamates (subject to hydrolysis) is 1. The summed E-state index contributed by atoms with van der Waals surface area (Å²) in [5.74, 6) is 0.942. The number of nitrogens with one attached hydrogen (secondary N) is 1. The molecule has 2 aliphatic rings. The number of ether oxygens (including phenoxy) is 1. The standard InChI is InChI=1S/C14H25NO2/c1-5-10-6-14(7-10)8-11(9-14)15-12(16)17-13(2,3)4/h10-11H,5-9H2,1-4H3,(H,15,16). The molecule has 1 amide bonds. The molecule has 2 saturated carbocycles. The van der Waals surface area contributed by atoms with Crippen molar-refractivity contribution < 1.29 is 9.53 Å². The van der Waals surface area contributed by atoms with Gasteiger partial charge in [0.1, 0.15) is 5.60 Å². The first-order valence-electron chi connectivity index (χ1n) is 6.81. The van der Waals surface area contributed by atoms with E-state index in [2.05, 4.69) is 12.2 Å². The fraction of sp³-hybridized carbons (Fsp3) is 0.929. The zero-order valence-corrected chi connectivity index (χ0v) is 11.5. The van der Waals surface area contributed by atoms with Crippen LogP contribution in [0.3, 0.4) is 0 Å². The fourth-order valence-corrected chi connectivity index (χ4v) is 3.35. The Morgan fingerprint density at radius 1 is 1.29 bits per heavy atom. The second-order valence-electron chi connectivity index (χ2n) is 6.93. The van der Waals surface area contributed by atoms with E-state index < -0.39 is 5.60 Å². The summed E-state index contributed by atoms with van der Waals surface area (Å²) in [5, 5.41) is 2.97. The van der Waals surface area contributed by atoms with E-state index in [1.165, 1.54) is 19.3 Å². The van der Waals surface area contributed by atoms with E-state index in [1.54, 1.807) is 0 Å². The van der Waals surface area contributed by atoms with Gasteiger partial charge in [-0.3, -0.25) is 0 Å². The van der Waals surface area contributed by atoms with Crippen molar-refractivity contribution in [2.45, 2.75) is 71.4 Å². The first-order chi connectivity index (χ1) is 7.82. The average molecular weight is 239 g/mol. The number of amides is 1. The fourth-order valence-electron chi connectivity index (χ4n) is 3.35. The molecule has 3 nitrogen and oxygen atoms in total. The molecule has 2 aliphatic carbocycles. The molecule has 17 heavy (non-hydrogen) atoms. The predicted molar refractivity (Wildman–Crippen MR) is 67.8 cm³/mol. The number of rotatable bonds is 2. The van der Waals surface area contributed by atoms with Gasteiger partial charge in [-0.1, -0.05) is 13.3 Å². The van der Waals surface area contributed by atoms with E-state index in [4.69, 9.17) is 4.74 Å². The van der Waals surface area contributed by atoms with Crippen LogP contribution < -0.4 is 5.32 Å². The van der Waals surface area contributed by atoms with Crippen LogP contribution in [-0.2, 0) is 4.74 Å². The Morgan fingerprint density at radius 3 is 2.35 bits per heavy atom. The highest BCUT2D eigenvalue weighted by molar-refractivity contribution is 5.68. The molecule has 0 bridgehead atoms. The highest BCUT2D eigenvalue weighted by Crippen LogP contribution is 2.59. The summed E-state index contributed by atoms with van der Waals surface area (Å²) in [6.45, 7) is 7.96. The predicted octanol–water partition coefficient (Wildman–Crippen LogP) is 3.48. The minimum Gasteiger partial charge on any atom is -0.444 e. The Hall–Kier alpha value is -0.730. The van der Waals surface area contributed by atoms with E-state index in [1.807, 2.05) is 20.8 Å². The van der Waals surface area contributed by atoms with Crippen molar-refractivity contribution in [2.75, 3.05) is 0 Å². The third kappa shape index (κ3) is 2.93. The van der Waals surface area contributed by atoms with Crippen molar-refractivity contribution in [3.8, 4) is 0 Å². The summed E-state index contributed by atoms with van der Waals surface area (Å²) in [6, 6.07) is 0.350. The second-order valence-corrected chi connectivity index (χ2v) is 6.93. The molecule has 2 fully saturated rings. The Labute approximate surface area is 104 Å². The van der Waals surface area contributed by atoms with Crippen LogP contribution in [0.2, 0.25) is 0 Å². The van der Waals surface area contributed by atoms with Crippen molar-refractivity contribution in [3.63, 3.8) is 0 Å². The molecule has 1 spiro atoms. The zero-order valence-electron chi connectivity index (χ0n) is 11.5. The molecule has 0 aromatic rings. The first kappa shape index (κ1) is 12.7. The summed E-state index contributed by atoms with van der Waals surface area (Å²) in [5.41, 5.74) is 0.190. The summed E-state index contributed by atoms with van der Waals surface area (Å²) < 4.78 is 5.26. The monoisotopic (exact) mass is 239 g/mol. The van der Waals surface area contributed by atoms with Crippen LogP contribution in [0, 0.1) is 11.3 Å². The third-order valence-corrected chi connectivity index (χ3v) is 4.10. The van der Waals surface area contributed by atoms with E-state index >= 15 is 0 Å². The normalized spacial score (nSPS) is 36.0. The lowest BCUT2D eigenvalue weighted by Crippen LogP contribution is -2.56. The van der Waals surface area contributed by atoms with E-state index in [-0.39, 0.29) is 6.09 Å². The molecule has 0 unspecified atom stereocenters. The van der Waals surface area contributed by atoms with Crippen molar-refractivity contribution in [1.29, 1.82) is 0 Å². The Bertz CT molecular complexity index is 292. The average Bonchev–Trinajstić information content (AvgIpc) is 2.03. The number of carbonyl (C=O) groups excluding carboxylic acids is 1. The topological polar surface area (TPSA) is 38.3 Å². The van der Waals surface area contributed by atoms with Crippen molar-refractivity contribution in [1.82, 2.24) is 5.32 Å². The number of hydrogen-bond donors (Lipinski definition) is 1. The summed E-state index contributed by atoms with van der Waals surface area (Å²) in [4.78, 5) is 11.6. The van der Waals surface area contributed by atoms with Crippen LogP contribution in [0.15, 0.2) is 0 Å². The van der Waals surface area contributed by atoms with Gasteiger partial charge < -0.3 is 10.1 Å². The molecule has 0 aromatic heterocycles. The SMILES string of the molecule is CCC1CC2(C1)CC(NC(=O)OC(C)(C)C)C2. The molecule has 0 radical (unpaired) electrons. The van der Waals surface area contributed by atoms with E-state index in [0.29, 0.717) is 11.5 Å². The highest BCUT2D eigenvalue weighted by atomic mass is 16.6. The molecular formula is C14H25NO2. The van der Waals surface area contributed by atoms with Crippen LogP contribution in [0.5, 0.6) is 0 Å². The summed E-state index contributed by atoms with van der Waals surface area (Å²) in [7, 11) is 0. The van der Waals surface area contributed by atoms with Gasteiger partial charge in [0.05, 0.1) is 0 Å². The summed E-state index contributed by atoms with van der Waals surface area (Å²) in [6.07, 6.45) is 6.10. The van der Waals surface area contributed by atoms with E-state index in [0.717, 1.165) is 18.8 Å². The van der Waals surface area contributed by atoms with Crippen molar-refractivity contribution in [2.24, 2.45) is 11.3 Å². The van der Waals surface area contributed by atoms with Gasteiger partial charge in [-0.25, -0.2) is 4.79 Å². The molecule has 1 N–H and O–H groups in total. The van der Waals surface area contributed by atoms with Gasteiger partial charge in [0.15, 0.2) is 0 Å². The zero-order chi connectivity index (χ0) is 12.7. The van der Waals surface area contributed by atoms with Gasteiger partial charge in [-0.05, 0) is 57.8 Å². The highest BCUT2D eigenvalue weighted by Gasteiger charge is 2.52. The van der Waals surface area contributed by atoms with E-state index in [9.17, 15) is 4.79 Å². The summed E-state index contributed by atoms with van der Waals surface area (Å²) >= 11 is 0. The lowest BCUT2D eigenvalue weighted by Gasteiger charge is -2.57. The minimum absolute atomic E-state index is 0.260. The molecule has 0 aliphatic heterocycles. The molecule has 98 valence electrons. The molecule has 0 saturated heterocycles. The third-order valence-electron chi connectivity index (χ3n) is 4.10. The van der Waals surface area contributed by atoms with Crippen molar-refractivity contribution in [3.05, 3.63) is 0 Å². The second kappa shape index (κ2) is 4.18. The Kier molecular flexibility index (Phi) is 3.13. The molecule has 2 rings (SSSR count). The quantitative estimate of drug-likeness (QED) is 0.801. The first-order valence-corrected chi connectivity index (χ1v) is 6.81. The number of carbonyl (C=O) groups is 1. The maximum Gasteiger partial charge on any atom is 0.407 e. The van der Waals surface area contributed by atoms with Gasteiger partial charge in [0.25, 0.3) is 0 Å². The van der Waals surface area contributed by atoms with Gasteiger partial charge >= 0.3 is 6.09 Å². The Morgan fingerprint density at radius 2 is 1.88 bits per heavy atom. The van der Waals surface area contributed by atoms with Crippen LogP contribution >= 0.6 is 0 Å². The van der Waals surface area contributed by atoms with Crippen LogP contribution in [0.25, 0.3) is 0 Å². The van der Waals surface area contributed by atoms with Crippen LogP contribution in [-0.4, -0.2) is 17.7 Å². The lowest BCUT2D eigenvalue weighted by molar-refractivity contribution is -0.0518. The van der Waals surface area contributed by atoms with Gasteiger partial charge in [0, 0.05) is 6.04 Å². The Balaban J connectivity index is 1.66. The molecular weight excluding hydrogens is 214 g/mol. The van der Waals surface area contributed by atoms with Gasteiger partial charge in [0.2, 0.25) is 0 Å². The maximum atomic E-state index is 11.6. The van der Waals surface area contributed by atoms with Crippen molar-refractivity contribution >= 4 is 6.09 Å².